The van der Waals surface area contributed by atoms with E-state index in [0.717, 1.165) is 12.8 Å². The molecular weight excluding hydrogens is 236 g/mol. The minimum absolute atomic E-state index is 0.105. The van der Waals surface area contributed by atoms with Gasteiger partial charge in [0.05, 0.1) is 11.8 Å². The second kappa shape index (κ2) is 5.19. The SMILES string of the molecule is CCCc1ccc(C(=O)c2ccoc2Cl)cc1. The lowest BCUT2D eigenvalue weighted by molar-refractivity contribution is 0.103. The molecule has 0 spiro atoms. The number of ketones is 1. The first-order chi connectivity index (χ1) is 8.22. The van der Waals surface area contributed by atoms with Crippen LogP contribution in [0.2, 0.25) is 5.22 Å². The number of carbonyl (C=O) groups is 1. The topological polar surface area (TPSA) is 30.2 Å². The van der Waals surface area contributed by atoms with Crippen molar-refractivity contribution in [1.82, 2.24) is 0 Å². The molecule has 1 aromatic heterocycles. The van der Waals surface area contributed by atoms with Crippen molar-refractivity contribution in [1.29, 1.82) is 0 Å². The van der Waals surface area contributed by atoms with Crippen LogP contribution < -0.4 is 0 Å². The van der Waals surface area contributed by atoms with Crippen molar-refractivity contribution in [3.8, 4) is 0 Å². The molecule has 17 heavy (non-hydrogen) atoms. The zero-order valence-electron chi connectivity index (χ0n) is 9.57. The zero-order chi connectivity index (χ0) is 12.3. The first-order valence-corrected chi connectivity index (χ1v) is 5.96. The van der Waals surface area contributed by atoms with E-state index in [1.807, 2.05) is 24.3 Å². The Morgan fingerprint density at radius 3 is 2.47 bits per heavy atom. The van der Waals surface area contributed by atoms with E-state index in [0.29, 0.717) is 11.1 Å². The van der Waals surface area contributed by atoms with Gasteiger partial charge in [0.25, 0.3) is 0 Å². The van der Waals surface area contributed by atoms with E-state index in [2.05, 4.69) is 6.92 Å². The Hall–Kier alpha value is -1.54. The highest BCUT2D eigenvalue weighted by molar-refractivity contribution is 6.33. The van der Waals surface area contributed by atoms with Gasteiger partial charge in [-0.15, -0.1) is 0 Å². The fraction of sp³-hybridized carbons (Fsp3) is 0.214. The van der Waals surface area contributed by atoms with Gasteiger partial charge in [-0.05, 0) is 29.7 Å². The number of furan rings is 1. The maximum atomic E-state index is 12.1. The Morgan fingerprint density at radius 2 is 1.94 bits per heavy atom. The third-order valence-corrected chi connectivity index (χ3v) is 2.91. The number of rotatable bonds is 4. The molecule has 0 atom stereocenters. The molecule has 0 N–H and O–H groups in total. The van der Waals surface area contributed by atoms with Gasteiger partial charge in [0.2, 0.25) is 5.22 Å². The van der Waals surface area contributed by atoms with Gasteiger partial charge < -0.3 is 4.42 Å². The Bertz CT molecular complexity index is 511. The van der Waals surface area contributed by atoms with Crippen LogP contribution >= 0.6 is 11.6 Å². The van der Waals surface area contributed by atoms with E-state index in [4.69, 9.17) is 16.0 Å². The van der Waals surface area contributed by atoms with E-state index >= 15 is 0 Å². The number of hydrogen-bond acceptors (Lipinski definition) is 2. The predicted octanol–water partition coefficient (Wildman–Crippen LogP) is 4.12. The van der Waals surface area contributed by atoms with Gasteiger partial charge in [-0.2, -0.15) is 0 Å². The molecule has 2 nitrogen and oxygen atoms in total. The van der Waals surface area contributed by atoms with E-state index in [9.17, 15) is 4.79 Å². The van der Waals surface area contributed by atoms with E-state index in [1.165, 1.54) is 11.8 Å². The van der Waals surface area contributed by atoms with Gasteiger partial charge in [0.1, 0.15) is 0 Å². The van der Waals surface area contributed by atoms with Gasteiger partial charge >= 0.3 is 0 Å². The minimum atomic E-state index is -0.105. The van der Waals surface area contributed by atoms with Crippen molar-refractivity contribution in [3.63, 3.8) is 0 Å². The van der Waals surface area contributed by atoms with E-state index in [-0.39, 0.29) is 11.0 Å². The highest BCUT2D eigenvalue weighted by atomic mass is 35.5. The molecule has 2 rings (SSSR count). The first-order valence-electron chi connectivity index (χ1n) is 5.59. The summed E-state index contributed by atoms with van der Waals surface area (Å²) in [6.07, 6.45) is 3.54. The largest absolute Gasteiger partial charge is 0.452 e. The maximum absolute atomic E-state index is 12.1. The molecule has 2 aromatic rings. The van der Waals surface area contributed by atoms with Gasteiger partial charge in [0, 0.05) is 5.56 Å². The molecule has 3 heteroatoms. The summed E-state index contributed by atoms with van der Waals surface area (Å²) in [6, 6.07) is 9.20. The van der Waals surface area contributed by atoms with Crippen LogP contribution in [0.25, 0.3) is 0 Å². The van der Waals surface area contributed by atoms with Crippen LogP contribution in [0.1, 0.15) is 34.8 Å². The van der Waals surface area contributed by atoms with Gasteiger partial charge in [-0.25, -0.2) is 0 Å². The summed E-state index contributed by atoms with van der Waals surface area (Å²) < 4.78 is 4.91. The van der Waals surface area contributed by atoms with Crippen molar-refractivity contribution >= 4 is 17.4 Å². The standard InChI is InChI=1S/C14H13ClO2/c1-2-3-10-4-6-11(7-5-10)13(16)12-8-9-17-14(12)15/h4-9H,2-3H2,1H3. The summed E-state index contributed by atoms with van der Waals surface area (Å²) >= 11 is 5.78. The first kappa shape index (κ1) is 11.9. The van der Waals surface area contributed by atoms with Crippen molar-refractivity contribution in [2.24, 2.45) is 0 Å². The highest BCUT2D eigenvalue weighted by Crippen LogP contribution is 2.20. The Kier molecular flexibility index (Phi) is 3.64. The molecule has 88 valence electrons. The Morgan fingerprint density at radius 1 is 1.24 bits per heavy atom. The fourth-order valence-electron chi connectivity index (χ4n) is 1.72. The van der Waals surface area contributed by atoms with Gasteiger partial charge in [-0.1, -0.05) is 37.6 Å². The quantitative estimate of drug-likeness (QED) is 0.762. The van der Waals surface area contributed by atoms with Crippen LogP contribution in [0.3, 0.4) is 0 Å². The molecule has 0 aliphatic heterocycles. The molecule has 0 unspecified atom stereocenters. The average Bonchev–Trinajstić information content (AvgIpc) is 2.76. The second-order valence-corrected chi connectivity index (χ2v) is 4.23. The maximum Gasteiger partial charge on any atom is 0.204 e. The van der Waals surface area contributed by atoms with Crippen molar-refractivity contribution in [2.75, 3.05) is 0 Å². The summed E-state index contributed by atoms with van der Waals surface area (Å²) in [4.78, 5) is 12.1. The molecule has 0 amide bonds. The molecule has 0 bridgehead atoms. The second-order valence-electron chi connectivity index (χ2n) is 3.88. The van der Waals surface area contributed by atoms with Crippen molar-refractivity contribution < 1.29 is 9.21 Å². The van der Waals surface area contributed by atoms with Crippen LogP contribution in [0, 0.1) is 0 Å². The molecule has 1 heterocycles. The van der Waals surface area contributed by atoms with Crippen LogP contribution in [0.4, 0.5) is 0 Å². The number of carbonyl (C=O) groups excluding carboxylic acids is 1. The molecule has 0 radical (unpaired) electrons. The van der Waals surface area contributed by atoms with Crippen LogP contribution in [-0.2, 0) is 6.42 Å². The summed E-state index contributed by atoms with van der Waals surface area (Å²) in [5, 5.41) is 0.146. The third kappa shape index (κ3) is 2.59. The lowest BCUT2D eigenvalue weighted by atomic mass is 10.0. The number of benzene rings is 1. The molecule has 0 saturated heterocycles. The monoisotopic (exact) mass is 248 g/mol. The molecule has 0 fully saturated rings. The van der Waals surface area contributed by atoms with Crippen LogP contribution in [0.15, 0.2) is 41.0 Å². The van der Waals surface area contributed by atoms with Crippen LogP contribution in [-0.4, -0.2) is 5.78 Å². The number of halogens is 1. The smallest absolute Gasteiger partial charge is 0.204 e. The Labute approximate surface area is 105 Å². The molecule has 0 aliphatic rings. The molecule has 0 saturated carbocycles. The number of hydrogen-bond donors (Lipinski definition) is 0. The summed E-state index contributed by atoms with van der Waals surface area (Å²) in [5.74, 6) is -0.105. The number of aryl methyl sites for hydroxylation is 1. The third-order valence-electron chi connectivity index (χ3n) is 2.62. The summed E-state index contributed by atoms with van der Waals surface area (Å²) in [6.45, 7) is 2.13. The van der Waals surface area contributed by atoms with E-state index in [1.54, 1.807) is 6.07 Å². The predicted molar refractivity (Wildman–Crippen MR) is 67.6 cm³/mol. The van der Waals surface area contributed by atoms with Crippen molar-refractivity contribution in [2.45, 2.75) is 19.8 Å². The normalized spacial score (nSPS) is 10.5. The Balaban J connectivity index is 2.23. The molecule has 1 aromatic carbocycles. The lowest BCUT2D eigenvalue weighted by Crippen LogP contribution is -2.00. The highest BCUT2D eigenvalue weighted by Gasteiger charge is 2.14. The van der Waals surface area contributed by atoms with E-state index < -0.39 is 0 Å². The van der Waals surface area contributed by atoms with Crippen molar-refractivity contribution in [3.05, 3.63) is 58.5 Å². The lowest BCUT2D eigenvalue weighted by Gasteiger charge is -2.01. The minimum Gasteiger partial charge on any atom is -0.452 e. The van der Waals surface area contributed by atoms with Gasteiger partial charge in [-0.3, -0.25) is 4.79 Å². The molecular formula is C14H13ClO2. The van der Waals surface area contributed by atoms with Gasteiger partial charge in [0.15, 0.2) is 5.78 Å². The van der Waals surface area contributed by atoms with Crippen LogP contribution in [0.5, 0.6) is 0 Å². The zero-order valence-corrected chi connectivity index (χ0v) is 10.3. The summed E-state index contributed by atoms with van der Waals surface area (Å²) in [5.41, 5.74) is 2.28. The average molecular weight is 249 g/mol. The summed E-state index contributed by atoms with van der Waals surface area (Å²) in [7, 11) is 0. The fourth-order valence-corrected chi connectivity index (χ4v) is 1.92. The molecule has 0 aliphatic carbocycles.